The lowest BCUT2D eigenvalue weighted by Gasteiger charge is -2.14. The summed E-state index contributed by atoms with van der Waals surface area (Å²) in [6, 6.07) is 9.75. The molecule has 1 aliphatic rings. The first-order valence-electron chi connectivity index (χ1n) is 5.95. The Bertz CT molecular complexity index is 677. The molecule has 3 rings (SSSR count). The highest BCUT2D eigenvalue weighted by atomic mass is 32.2. The molecule has 1 aliphatic heterocycles. The number of nitrogens with one attached hydrogen (secondary N) is 1. The van der Waals surface area contributed by atoms with E-state index in [0.717, 1.165) is 16.6 Å². The average Bonchev–Trinajstić information content (AvgIpc) is 2.69. The van der Waals surface area contributed by atoms with Crippen LogP contribution in [0.5, 0.6) is 0 Å². The van der Waals surface area contributed by atoms with Crippen molar-refractivity contribution < 1.29 is 8.42 Å². The standard InChI is InChI=1S/C13H14N2O2S/c16-18(17)8-6-10(9-18)15-13-5-1-4-12-11(13)3-2-7-14-12/h1-5,7,10,15H,6,8-9H2. The van der Waals surface area contributed by atoms with E-state index in [1.807, 2.05) is 30.3 Å². The molecule has 1 aromatic heterocycles. The van der Waals surface area contributed by atoms with E-state index in [1.54, 1.807) is 6.20 Å². The monoisotopic (exact) mass is 262 g/mol. The van der Waals surface area contributed by atoms with Crippen LogP contribution in [0.15, 0.2) is 36.5 Å². The molecule has 4 nitrogen and oxygen atoms in total. The molecule has 5 heteroatoms. The number of anilines is 1. The highest BCUT2D eigenvalue weighted by Crippen LogP contribution is 2.24. The summed E-state index contributed by atoms with van der Waals surface area (Å²) in [5, 5.41) is 4.35. The van der Waals surface area contributed by atoms with Gasteiger partial charge in [-0.3, -0.25) is 4.98 Å². The summed E-state index contributed by atoms with van der Waals surface area (Å²) in [6.45, 7) is 0. The van der Waals surface area contributed by atoms with Crippen LogP contribution in [0.4, 0.5) is 5.69 Å². The lowest BCUT2D eigenvalue weighted by molar-refractivity contribution is 0.602. The molecule has 1 aromatic carbocycles. The number of hydrogen-bond donors (Lipinski definition) is 1. The fourth-order valence-corrected chi connectivity index (χ4v) is 4.03. The molecular weight excluding hydrogens is 248 g/mol. The van der Waals surface area contributed by atoms with Crippen LogP contribution in [0.1, 0.15) is 6.42 Å². The second-order valence-electron chi connectivity index (χ2n) is 4.62. The normalized spacial score (nSPS) is 22.1. The van der Waals surface area contributed by atoms with E-state index in [-0.39, 0.29) is 17.5 Å². The number of rotatable bonds is 2. The molecule has 0 saturated carbocycles. The van der Waals surface area contributed by atoms with Gasteiger partial charge in [-0.15, -0.1) is 0 Å². The predicted molar refractivity (Wildman–Crippen MR) is 72.4 cm³/mol. The van der Waals surface area contributed by atoms with Crippen LogP contribution in [0.2, 0.25) is 0 Å². The van der Waals surface area contributed by atoms with Gasteiger partial charge in [0.2, 0.25) is 0 Å². The molecule has 2 heterocycles. The Morgan fingerprint density at radius 1 is 1.22 bits per heavy atom. The first-order valence-corrected chi connectivity index (χ1v) is 7.77. The molecule has 18 heavy (non-hydrogen) atoms. The van der Waals surface area contributed by atoms with E-state index in [9.17, 15) is 8.42 Å². The number of nitrogens with zero attached hydrogens (tertiary/aromatic N) is 1. The van der Waals surface area contributed by atoms with Crippen molar-refractivity contribution in [3.63, 3.8) is 0 Å². The topological polar surface area (TPSA) is 59.1 Å². The third kappa shape index (κ3) is 2.18. The minimum absolute atomic E-state index is 0.0146. The summed E-state index contributed by atoms with van der Waals surface area (Å²) in [6.07, 6.45) is 2.44. The maximum Gasteiger partial charge on any atom is 0.152 e. The van der Waals surface area contributed by atoms with Crippen LogP contribution in [0.25, 0.3) is 10.9 Å². The summed E-state index contributed by atoms with van der Waals surface area (Å²) in [5.74, 6) is 0.511. The Balaban J connectivity index is 1.92. The minimum atomic E-state index is -2.85. The van der Waals surface area contributed by atoms with Gasteiger partial charge >= 0.3 is 0 Å². The van der Waals surface area contributed by atoms with Gasteiger partial charge in [-0.1, -0.05) is 6.07 Å². The predicted octanol–water partition coefficient (Wildman–Crippen LogP) is 1.83. The summed E-state index contributed by atoms with van der Waals surface area (Å²) in [5.41, 5.74) is 1.88. The lowest BCUT2D eigenvalue weighted by atomic mass is 10.1. The molecule has 1 unspecified atom stereocenters. The maximum absolute atomic E-state index is 11.4. The molecule has 0 spiro atoms. The molecule has 2 aromatic rings. The second-order valence-corrected chi connectivity index (χ2v) is 6.85. The zero-order valence-electron chi connectivity index (χ0n) is 9.83. The van der Waals surface area contributed by atoms with Crippen LogP contribution in [-0.4, -0.2) is 30.9 Å². The van der Waals surface area contributed by atoms with Gasteiger partial charge in [0.05, 0.1) is 17.0 Å². The summed E-state index contributed by atoms with van der Waals surface area (Å²) >= 11 is 0. The Morgan fingerprint density at radius 2 is 2.11 bits per heavy atom. The van der Waals surface area contributed by atoms with Gasteiger partial charge in [0.25, 0.3) is 0 Å². The first-order chi connectivity index (χ1) is 8.64. The molecule has 1 fully saturated rings. The number of benzene rings is 1. The van der Waals surface area contributed by atoms with Crippen molar-refractivity contribution in [2.45, 2.75) is 12.5 Å². The van der Waals surface area contributed by atoms with E-state index < -0.39 is 9.84 Å². The van der Waals surface area contributed by atoms with Gasteiger partial charge in [-0.25, -0.2) is 8.42 Å². The third-order valence-electron chi connectivity index (χ3n) is 3.24. The van der Waals surface area contributed by atoms with Gasteiger partial charge in [0, 0.05) is 23.3 Å². The van der Waals surface area contributed by atoms with E-state index in [0.29, 0.717) is 6.42 Å². The van der Waals surface area contributed by atoms with Gasteiger partial charge in [0.15, 0.2) is 9.84 Å². The smallest absolute Gasteiger partial charge is 0.152 e. The maximum atomic E-state index is 11.4. The summed E-state index contributed by atoms with van der Waals surface area (Å²) in [4.78, 5) is 4.29. The molecule has 0 bridgehead atoms. The Labute approximate surface area is 106 Å². The number of aromatic nitrogens is 1. The average molecular weight is 262 g/mol. The zero-order valence-corrected chi connectivity index (χ0v) is 10.7. The van der Waals surface area contributed by atoms with Crippen molar-refractivity contribution in [2.24, 2.45) is 0 Å². The number of fused-ring (bicyclic) bond motifs is 1. The SMILES string of the molecule is O=S1(=O)CCC(Nc2cccc3ncccc23)C1. The van der Waals surface area contributed by atoms with Crippen LogP contribution < -0.4 is 5.32 Å². The second kappa shape index (κ2) is 4.24. The van der Waals surface area contributed by atoms with E-state index >= 15 is 0 Å². The fourth-order valence-electron chi connectivity index (χ4n) is 2.36. The Morgan fingerprint density at radius 3 is 2.89 bits per heavy atom. The highest BCUT2D eigenvalue weighted by molar-refractivity contribution is 7.91. The molecule has 94 valence electrons. The minimum Gasteiger partial charge on any atom is -0.381 e. The van der Waals surface area contributed by atoms with E-state index in [4.69, 9.17) is 0 Å². The van der Waals surface area contributed by atoms with Crippen molar-refractivity contribution >= 4 is 26.4 Å². The summed E-state index contributed by atoms with van der Waals surface area (Å²) < 4.78 is 22.9. The molecule has 1 saturated heterocycles. The van der Waals surface area contributed by atoms with Crippen LogP contribution in [0.3, 0.4) is 0 Å². The molecule has 0 amide bonds. The van der Waals surface area contributed by atoms with Gasteiger partial charge in [-0.2, -0.15) is 0 Å². The zero-order chi connectivity index (χ0) is 12.6. The Kier molecular flexibility index (Phi) is 2.70. The molecule has 0 radical (unpaired) electrons. The third-order valence-corrected chi connectivity index (χ3v) is 5.01. The highest BCUT2D eigenvalue weighted by Gasteiger charge is 2.27. The van der Waals surface area contributed by atoms with E-state index in [2.05, 4.69) is 10.3 Å². The van der Waals surface area contributed by atoms with Gasteiger partial charge in [-0.05, 0) is 30.7 Å². The van der Waals surface area contributed by atoms with Crippen molar-refractivity contribution in [3.05, 3.63) is 36.5 Å². The lowest BCUT2D eigenvalue weighted by Crippen LogP contribution is -2.20. The van der Waals surface area contributed by atoms with Crippen LogP contribution in [0, 0.1) is 0 Å². The molecule has 1 N–H and O–H groups in total. The quantitative estimate of drug-likeness (QED) is 0.897. The van der Waals surface area contributed by atoms with Crippen molar-refractivity contribution in [3.8, 4) is 0 Å². The summed E-state index contributed by atoms with van der Waals surface area (Å²) in [7, 11) is -2.85. The molecule has 0 aliphatic carbocycles. The van der Waals surface area contributed by atoms with Crippen molar-refractivity contribution in [2.75, 3.05) is 16.8 Å². The first kappa shape index (κ1) is 11.5. The van der Waals surface area contributed by atoms with Crippen molar-refractivity contribution in [1.29, 1.82) is 0 Å². The largest absolute Gasteiger partial charge is 0.381 e. The van der Waals surface area contributed by atoms with Gasteiger partial charge in [0.1, 0.15) is 0 Å². The van der Waals surface area contributed by atoms with Crippen molar-refractivity contribution in [1.82, 2.24) is 4.98 Å². The molecular formula is C13H14N2O2S. The van der Waals surface area contributed by atoms with Crippen LogP contribution in [-0.2, 0) is 9.84 Å². The van der Waals surface area contributed by atoms with Crippen LogP contribution >= 0.6 is 0 Å². The van der Waals surface area contributed by atoms with Gasteiger partial charge < -0.3 is 5.32 Å². The Hall–Kier alpha value is -1.62. The fraction of sp³-hybridized carbons (Fsp3) is 0.308. The molecule has 1 atom stereocenters. The number of hydrogen-bond acceptors (Lipinski definition) is 4. The number of pyridine rings is 1. The number of sulfone groups is 1. The van der Waals surface area contributed by atoms with E-state index in [1.165, 1.54) is 0 Å².